The van der Waals surface area contributed by atoms with Crippen molar-refractivity contribution in [3.05, 3.63) is 72.3 Å². The molecule has 0 radical (unpaired) electrons. The Balaban J connectivity index is 1.62. The van der Waals surface area contributed by atoms with Gasteiger partial charge in [0.2, 0.25) is 6.79 Å². The molecule has 1 aliphatic rings. The van der Waals surface area contributed by atoms with Crippen molar-refractivity contribution in [1.29, 1.82) is 0 Å². The second kappa shape index (κ2) is 12.1. The first-order valence-electron chi connectivity index (χ1n) is 11.8. The van der Waals surface area contributed by atoms with E-state index in [0.717, 1.165) is 0 Å². The highest BCUT2D eigenvalue weighted by Crippen LogP contribution is 2.37. The lowest BCUT2D eigenvalue weighted by Crippen LogP contribution is -2.29. The van der Waals surface area contributed by atoms with Gasteiger partial charge in [-0.15, -0.1) is 0 Å². The van der Waals surface area contributed by atoms with Crippen LogP contribution < -0.4 is 20.3 Å². The molecule has 1 heterocycles. The molecule has 1 aliphatic heterocycles. The fourth-order valence-corrected chi connectivity index (χ4v) is 4.16. The van der Waals surface area contributed by atoms with Crippen molar-refractivity contribution in [1.82, 2.24) is 5.48 Å². The van der Waals surface area contributed by atoms with Crippen LogP contribution in [0.3, 0.4) is 0 Å². The standard InChI is InChI=1S/C27H28N2O8/c1-2-34-23(9-5-6-10-25(31)29-33)26(20-12-13-21(30)19-8-4-3-7-18(19)20)37-27(32)28-17-11-14-22-24(15-17)36-16-35-22/h3-4,6-8,10-15,23,26,30,33H,2,5,9,16H2,1H3,(H,28,32)(H,29,31)/b10-6+/t23-,26-/m0/s1. The number of amides is 2. The van der Waals surface area contributed by atoms with Gasteiger partial charge in [-0.2, -0.15) is 0 Å². The van der Waals surface area contributed by atoms with Gasteiger partial charge in [-0.1, -0.05) is 36.4 Å². The van der Waals surface area contributed by atoms with Gasteiger partial charge in [-0.3, -0.25) is 15.3 Å². The maximum Gasteiger partial charge on any atom is 0.412 e. The van der Waals surface area contributed by atoms with Gasteiger partial charge in [0.05, 0.1) is 6.10 Å². The molecule has 0 fully saturated rings. The van der Waals surface area contributed by atoms with Crippen LogP contribution >= 0.6 is 0 Å². The van der Waals surface area contributed by atoms with Crippen LogP contribution in [0.25, 0.3) is 10.8 Å². The monoisotopic (exact) mass is 508 g/mol. The van der Waals surface area contributed by atoms with E-state index in [0.29, 0.717) is 53.0 Å². The molecule has 0 unspecified atom stereocenters. The number of anilines is 1. The van der Waals surface area contributed by atoms with Gasteiger partial charge in [0.15, 0.2) is 17.6 Å². The number of hydrogen-bond acceptors (Lipinski definition) is 8. The Bertz CT molecular complexity index is 1290. The zero-order valence-corrected chi connectivity index (χ0v) is 20.2. The van der Waals surface area contributed by atoms with Gasteiger partial charge in [0.1, 0.15) is 5.75 Å². The fourth-order valence-electron chi connectivity index (χ4n) is 4.16. The van der Waals surface area contributed by atoms with Gasteiger partial charge in [0, 0.05) is 35.4 Å². The average molecular weight is 509 g/mol. The predicted octanol–water partition coefficient (Wildman–Crippen LogP) is 4.81. The van der Waals surface area contributed by atoms with Crippen molar-refractivity contribution in [2.45, 2.75) is 32.0 Å². The lowest BCUT2D eigenvalue weighted by Gasteiger charge is -2.28. The summed E-state index contributed by atoms with van der Waals surface area (Å²) in [6.07, 6.45) is 1.48. The van der Waals surface area contributed by atoms with Crippen LogP contribution in [0.2, 0.25) is 0 Å². The van der Waals surface area contributed by atoms with Gasteiger partial charge in [-0.05, 0) is 43.4 Å². The van der Waals surface area contributed by atoms with Crippen LogP contribution in [0, 0.1) is 0 Å². The minimum atomic E-state index is -0.848. The third-order valence-electron chi connectivity index (χ3n) is 5.81. The Morgan fingerprint density at radius 1 is 1.08 bits per heavy atom. The van der Waals surface area contributed by atoms with E-state index in [1.54, 1.807) is 48.0 Å². The number of phenolic OH excluding ortho intramolecular Hbond substituents is 1. The third kappa shape index (κ3) is 6.29. The average Bonchev–Trinajstić information content (AvgIpc) is 3.37. The summed E-state index contributed by atoms with van der Waals surface area (Å²) in [5, 5.41) is 23.1. The van der Waals surface area contributed by atoms with Crippen molar-refractivity contribution < 1.29 is 38.9 Å². The molecule has 3 aromatic rings. The summed E-state index contributed by atoms with van der Waals surface area (Å²) >= 11 is 0. The number of nitrogens with one attached hydrogen (secondary N) is 2. The molecule has 0 aliphatic carbocycles. The second-order valence-corrected chi connectivity index (χ2v) is 8.19. The molecule has 0 bridgehead atoms. The molecule has 3 aromatic carbocycles. The normalized spacial score (nSPS) is 13.9. The lowest BCUT2D eigenvalue weighted by molar-refractivity contribution is -0.124. The Labute approximate surface area is 213 Å². The number of rotatable bonds is 10. The highest BCUT2D eigenvalue weighted by molar-refractivity contribution is 5.92. The van der Waals surface area contributed by atoms with E-state index in [2.05, 4.69) is 5.32 Å². The molecule has 10 nitrogen and oxygen atoms in total. The van der Waals surface area contributed by atoms with Crippen LogP contribution in [0.4, 0.5) is 10.5 Å². The van der Waals surface area contributed by atoms with Gasteiger partial charge in [0.25, 0.3) is 5.91 Å². The maximum absolute atomic E-state index is 13.1. The van der Waals surface area contributed by atoms with Crippen LogP contribution in [0.5, 0.6) is 17.2 Å². The number of allylic oxidation sites excluding steroid dienone is 1. The minimum absolute atomic E-state index is 0.105. The molecule has 10 heteroatoms. The lowest BCUT2D eigenvalue weighted by atomic mass is 9.94. The van der Waals surface area contributed by atoms with Crippen LogP contribution in [0.1, 0.15) is 31.4 Å². The van der Waals surface area contributed by atoms with Crippen LogP contribution in [-0.4, -0.2) is 41.8 Å². The first-order chi connectivity index (χ1) is 18.0. The summed E-state index contributed by atoms with van der Waals surface area (Å²) in [6, 6.07) is 15.5. The maximum atomic E-state index is 13.1. The summed E-state index contributed by atoms with van der Waals surface area (Å²) in [6.45, 7) is 2.30. The van der Waals surface area contributed by atoms with E-state index in [9.17, 15) is 14.7 Å². The molecule has 0 aromatic heterocycles. The van der Waals surface area contributed by atoms with Crippen molar-refractivity contribution in [3.63, 3.8) is 0 Å². The highest BCUT2D eigenvalue weighted by Gasteiger charge is 2.29. The molecule has 2 amide bonds. The van der Waals surface area contributed by atoms with Crippen LogP contribution in [0.15, 0.2) is 66.7 Å². The molecule has 0 spiro atoms. The first kappa shape index (κ1) is 25.8. The number of benzene rings is 3. The Morgan fingerprint density at radius 2 is 1.86 bits per heavy atom. The van der Waals surface area contributed by atoms with Gasteiger partial charge >= 0.3 is 6.09 Å². The van der Waals surface area contributed by atoms with Crippen LogP contribution in [-0.2, 0) is 14.3 Å². The van der Waals surface area contributed by atoms with E-state index in [-0.39, 0.29) is 12.5 Å². The molecule has 0 saturated carbocycles. The van der Waals surface area contributed by atoms with Gasteiger partial charge < -0.3 is 24.1 Å². The largest absolute Gasteiger partial charge is 0.507 e. The number of carbonyl (C=O) groups is 2. The quantitative estimate of drug-likeness (QED) is 0.174. The molecule has 2 atom stereocenters. The Morgan fingerprint density at radius 3 is 2.65 bits per heavy atom. The Hall–Kier alpha value is -4.28. The molecule has 194 valence electrons. The molecular formula is C27H28N2O8. The smallest absolute Gasteiger partial charge is 0.412 e. The number of aromatic hydroxyl groups is 1. The number of phenols is 1. The van der Waals surface area contributed by atoms with E-state index in [1.165, 1.54) is 6.08 Å². The summed E-state index contributed by atoms with van der Waals surface area (Å²) in [4.78, 5) is 24.4. The first-order valence-corrected chi connectivity index (χ1v) is 11.8. The summed E-state index contributed by atoms with van der Waals surface area (Å²) < 4.78 is 22.6. The minimum Gasteiger partial charge on any atom is -0.507 e. The van der Waals surface area contributed by atoms with E-state index < -0.39 is 24.2 Å². The fraction of sp³-hybridized carbons (Fsp3) is 0.259. The molecular weight excluding hydrogens is 480 g/mol. The number of hydroxylamine groups is 1. The summed E-state index contributed by atoms with van der Waals surface area (Å²) in [5.41, 5.74) is 2.67. The zero-order valence-electron chi connectivity index (χ0n) is 20.2. The molecule has 4 rings (SSSR count). The van der Waals surface area contributed by atoms with Crippen molar-refractivity contribution in [2.75, 3.05) is 18.7 Å². The predicted molar refractivity (Wildman–Crippen MR) is 135 cm³/mol. The van der Waals surface area contributed by atoms with Crippen molar-refractivity contribution in [3.8, 4) is 17.2 Å². The second-order valence-electron chi connectivity index (χ2n) is 8.19. The number of fused-ring (bicyclic) bond motifs is 2. The van der Waals surface area contributed by atoms with Crippen molar-refractivity contribution in [2.24, 2.45) is 0 Å². The van der Waals surface area contributed by atoms with E-state index in [1.807, 2.05) is 25.1 Å². The van der Waals surface area contributed by atoms with E-state index >= 15 is 0 Å². The van der Waals surface area contributed by atoms with Gasteiger partial charge in [-0.25, -0.2) is 10.3 Å². The number of carbonyl (C=O) groups excluding carboxylic acids is 2. The summed E-state index contributed by atoms with van der Waals surface area (Å²) in [7, 11) is 0. The Kier molecular flexibility index (Phi) is 8.44. The SMILES string of the molecule is CCO[C@@H](CC/C=C/C(=O)NO)[C@@H](OC(=O)Nc1ccc2c(c1)OCO2)c1ccc(O)c2ccccc12. The molecule has 4 N–H and O–H groups in total. The third-order valence-corrected chi connectivity index (χ3v) is 5.81. The molecule has 37 heavy (non-hydrogen) atoms. The number of hydrogen-bond donors (Lipinski definition) is 4. The highest BCUT2D eigenvalue weighted by atomic mass is 16.7. The topological polar surface area (TPSA) is 136 Å². The number of ether oxygens (including phenoxy) is 4. The molecule has 0 saturated heterocycles. The van der Waals surface area contributed by atoms with E-state index in [4.69, 9.17) is 24.2 Å². The summed E-state index contributed by atoms with van der Waals surface area (Å²) in [5.74, 6) is 0.568. The van der Waals surface area contributed by atoms with Crippen molar-refractivity contribution >= 4 is 28.5 Å². The zero-order chi connectivity index (χ0) is 26.2.